The minimum atomic E-state index is -2.95. The number of carboxylic acid groups (broad SMARTS) is 1. The number of rotatable bonds is 4. The van der Waals surface area contributed by atoms with E-state index >= 15 is 0 Å². The van der Waals surface area contributed by atoms with E-state index in [1.165, 1.54) is 0 Å². The largest absolute Gasteiger partial charge is 0.478 e. The highest BCUT2D eigenvalue weighted by Crippen LogP contribution is 2.26. The Balaban J connectivity index is 1.56. The normalized spacial score (nSPS) is 23.5. The maximum absolute atomic E-state index is 12.6. The first-order valence-corrected chi connectivity index (χ1v) is 10.5. The van der Waals surface area contributed by atoms with Gasteiger partial charge in [0.1, 0.15) is 9.84 Å². The minimum Gasteiger partial charge on any atom is -0.478 e. The molecule has 1 N–H and O–H groups in total. The zero-order valence-corrected chi connectivity index (χ0v) is 14.9. The standard InChI is InChI=1S/C18H23NO5S/c20-17(15-5-8-25(23,24)9-6-15)19-7-4-14(12-19)10-13-2-1-3-16(11-13)18(21)22/h1-3,11,14-15H,4-10,12H2,(H,21,22). The summed E-state index contributed by atoms with van der Waals surface area (Å²) >= 11 is 0. The van der Waals surface area contributed by atoms with E-state index in [0.717, 1.165) is 18.4 Å². The highest BCUT2D eigenvalue weighted by atomic mass is 32.2. The van der Waals surface area contributed by atoms with Crippen LogP contribution in [0.5, 0.6) is 0 Å². The van der Waals surface area contributed by atoms with E-state index < -0.39 is 15.8 Å². The summed E-state index contributed by atoms with van der Waals surface area (Å²) in [5.41, 5.74) is 1.26. The molecular weight excluding hydrogens is 342 g/mol. The van der Waals surface area contributed by atoms with E-state index in [9.17, 15) is 18.0 Å². The predicted octanol–water partition coefficient (Wildman–Crippen LogP) is 1.60. The number of nitrogens with zero attached hydrogens (tertiary/aromatic N) is 1. The van der Waals surface area contributed by atoms with Crippen molar-refractivity contribution in [3.05, 3.63) is 35.4 Å². The molecule has 2 heterocycles. The summed E-state index contributed by atoms with van der Waals surface area (Å²) in [7, 11) is -2.95. The van der Waals surface area contributed by atoms with Crippen LogP contribution in [0.25, 0.3) is 0 Å². The summed E-state index contributed by atoms with van der Waals surface area (Å²) in [4.78, 5) is 25.5. The fourth-order valence-corrected chi connectivity index (χ4v) is 5.25. The molecule has 0 saturated carbocycles. The van der Waals surface area contributed by atoms with E-state index in [2.05, 4.69) is 0 Å². The first kappa shape index (κ1) is 17.9. The monoisotopic (exact) mass is 365 g/mol. The van der Waals surface area contributed by atoms with Crippen molar-refractivity contribution in [2.45, 2.75) is 25.7 Å². The number of hydrogen-bond donors (Lipinski definition) is 1. The lowest BCUT2D eigenvalue weighted by molar-refractivity contribution is -0.134. The molecule has 2 saturated heterocycles. The van der Waals surface area contributed by atoms with Crippen LogP contribution in [-0.4, -0.2) is 54.9 Å². The van der Waals surface area contributed by atoms with Crippen LogP contribution in [0.3, 0.4) is 0 Å². The molecule has 0 bridgehead atoms. The molecule has 1 aromatic rings. The molecule has 1 aromatic carbocycles. The molecule has 0 radical (unpaired) electrons. The van der Waals surface area contributed by atoms with Crippen molar-refractivity contribution in [1.82, 2.24) is 4.90 Å². The summed E-state index contributed by atoms with van der Waals surface area (Å²) < 4.78 is 23.0. The molecule has 1 unspecified atom stereocenters. The van der Waals surface area contributed by atoms with Gasteiger partial charge in [-0.05, 0) is 49.3 Å². The van der Waals surface area contributed by atoms with Crippen LogP contribution in [0.15, 0.2) is 24.3 Å². The highest BCUT2D eigenvalue weighted by Gasteiger charge is 2.34. The van der Waals surface area contributed by atoms with Crippen LogP contribution in [0, 0.1) is 11.8 Å². The number of carboxylic acids is 1. The number of amides is 1. The Labute approximate surface area is 147 Å². The van der Waals surface area contributed by atoms with Crippen molar-refractivity contribution in [1.29, 1.82) is 0 Å². The van der Waals surface area contributed by atoms with Gasteiger partial charge >= 0.3 is 5.97 Å². The summed E-state index contributed by atoms with van der Waals surface area (Å²) in [6.07, 6.45) is 2.52. The third-order valence-electron chi connectivity index (χ3n) is 5.20. The van der Waals surface area contributed by atoms with Crippen LogP contribution in [0.1, 0.15) is 35.2 Å². The minimum absolute atomic E-state index is 0.0803. The molecule has 7 heteroatoms. The Morgan fingerprint density at radius 1 is 1.16 bits per heavy atom. The lowest BCUT2D eigenvalue weighted by Gasteiger charge is -2.26. The quantitative estimate of drug-likeness (QED) is 0.875. The average molecular weight is 365 g/mol. The number of sulfone groups is 1. The van der Waals surface area contributed by atoms with Crippen molar-refractivity contribution in [2.75, 3.05) is 24.6 Å². The number of carbonyl (C=O) groups excluding carboxylic acids is 1. The third kappa shape index (κ3) is 4.39. The second-order valence-corrected chi connectivity index (χ2v) is 9.38. The Bertz CT molecular complexity index is 759. The predicted molar refractivity (Wildman–Crippen MR) is 93.2 cm³/mol. The van der Waals surface area contributed by atoms with Crippen LogP contribution in [-0.2, 0) is 21.1 Å². The molecule has 1 amide bonds. The van der Waals surface area contributed by atoms with Gasteiger partial charge in [0.25, 0.3) is 0 Å². The number of hydrogen-bond acceptors (Lipinski definition) is 4. The molecule has 0 spiro atoms. The second-order valence-electron chi connectivity index (χ2n) is 7.07. The SMILES string of the molecule is O=C(O)c1cccc(CC2CCN(C(=O)C3CCS(=O)(=O)CC3)C2)c1. The number of carbonyl (C=O) groups is 2. The van der Waals surface area contributed by atoms with Gasteiger partial charge in [0.15, 0.2) is 0 Å². The van der Waals surface area contributed by atoms with Crippen LogP contribution < -0.4 is 0 Å². The smallest absolute Gasteiger partial charge is 0.335 e. The van der Waals surface area contributed by atoms with Gasteiger partial charge in [0.05, 0.1) is 17.1 Å². The van der Waals surface area contributed by atoms with E-state index in [4.69, 9.17) is 5.11 Å². The second kappa shape index (κ2) is 7.15. The van der Waals surface area contributed by atoms with E-state index in [-0.39, 0.29) is 28.9 Å². The lowest BCUT2D eigenvalue weighted by Crippen LogP contribution is -2.38. The summed E-state index contributed by atoms with van der Waals surface area (Å²) in [6.45, 7) is 1.37. The molecule has 2 aliphatic rings. The van der Waals surface area contributed by atoms with Crippen molar-refractivity contribution in [3.8, 4) is 0 Å². The van der Waals surface area contributed by atoms with Gasteiger partial charge < -0.3 is 10.0 Å². The van der Waals surface area contributed by atoms with Crippen molar-refractivity contribution in [2.24, 2.45) is 11.8 Å². The number of benzene rings is 1. The number of aromatic carboxylic acids is 1. The molecule has 25 heavy (non-hydrogen) atoms. The van der Waals surface area contributed by atoms with Gasteiger partial charge in [-0.3, -0.25) is 4.79 Å². The maximum Gasteiger partial charge on any atom is 0.335 e. The highest BCUT2D eigenvalue weighted by molar-refractivity contribution is 7.91. The fourth-order valence-electron chi connectivity index (χ4n) is 3.76. The van der Waals surface area contributed by atoms with Gasteiger partial charge in [0, 0.05) is 19.0 Å². The van der Waals surface area contributed by atoms with E-state index in [0.29, 0.717) is 31.8 Å². The van der Waals surface area contributed by atoms with Gasteiger partial charge in [-0.15, -0.1) is 0 Å². The van der Waals surface area contributed by atoms with Crippen LogP contribution in [0.2, 0.25) is 0 Å². The van der Waals surface area contributed by atoms with E-state index in [1.807, 2.05) is 11.0 Å². The molecule has 136 valence electrons. The molecule has 2 fully saturated rings. The Hall–Kier alpha value is -1.89. The molecule has 0 aliphatic carbocycles. The van der Waals surface area contributed by atoms with E-state index in [1.54, 1.807) is 18.2 Å². The Morgan fingerprint density at radius 3 is 2.56 bits per heavy atom. The van der Waals surface area contributed by atoms with Gasteiger partial charge in [-0.1, -0.05) is 12.1 Å². The molecule has 2 aliphatic heterocycles. The molecule has 1 atom stereocenters. The molecular formula is C18H23NO5S. The Morgan fingerprint density at radius 2 is 1.88 bits per heavy atom. The summed E-state index contributed by atoms with van der Waals surface area (Å²) in [5.74, 6) is -0.474. The Kier molecular flexibility index (Phi) is 5.13. The lowest BCUT2D eigenvalue weighted by atomic mass is 9.97. The topological polar surface area (TPSA) is 91.8 Å². The van der Waals surface area contributed by atoms with Gasteiger partial charge in [-0.2, -0.15) is 0 Å². The molecule has 6 nitrogen and oxygen atoms in total. The first-order valence-electron chi connectivity index (χ1n) is 8.65. The van der Waals surface area contributed by atoms with Gasteiger partial charge in [-0.25, -0.2) is 13.2 Å². The zero-order valence-electron chi connectivity index (χ0n) is 14.1. The van der Waals surface area contributed by atoms with Crippen molar-refractivity contribution < 1.29 is 23.1 Å². The van der Waals surface area contributed by atoms with Crippen LogP contribution in [0.4, 0.5) is 0 Å². The molecule has 3 rings (SSSR count). The van der Waals surface area contributed by atoms with Crippen molar-refractivity contribution >= 4 is 21.7 Å². The van der Waals surface area contributed by atoms with Gasteiger partial charge in [0.2, 0.25) is 5.91 Å². The maximum atomic E-state index is 12.6. The van der Waals surface area contributed by atoms with Crippen molar-refractivity contribution in [3.63, 3.8) is 0 Å². The summed E-state index contributed by atoms with van der Waals surface area (Å²) in [6, 6.07) is 6.94. The zero-order chi connectivity index (χ0) is 18.0. The first-order chi connectivity index (χ1) is 11.8. The summed E-state index contributed by atoms with van der Waals surface area (Å²) in [5, 5.41) is 9.07. The molecule has 0 aromatic heterocycles. The number of likely N-dealkylation sites (tertiary alicyclic amines) is 1. The van der Waals surface area contributed by atoms with Crippen LogP contribution >= 0.6 is 0 Å². The third-order valence-corrected chi connectivity index (χ3v) is 6.92. The fraction of sp³-hybridized carbons (Fsp3) is 0.556. The average Bonchev–Trinajstić information content (AvgIpc) is 3.03.